The second-order valence-electron chi connectivity index (χ2n) is 9.58. The Morgan fingerprint density at radius 3 is 2.40 bits per heavy atom. The minimum atomic E-state index is -1.04. The topological polar surface area (TPSA) is 114 Å². The first-order valence-electron chi connectivity index (χ1n) is 11.1. The van der Waals surface area contributed by atoms with Crippen LogP contribution in [-0.2, 0) is 9.59 Å². The lowest BCUT2D eigenvalue weighted by atomic mass is 9.79. The zero-order valence-corrected chi connectivity index (χ0v) is 18.7. The summed E-state index contributed by atoms with van der Waals surface area (Å²) in [6, 6.07) is 0.772. The third kappa shape index (κ3) is 3.71. The van der Waals surface area contributed by atoms with Crippen LogP contribution in [0, 0.1) is 23.2 Å². The lowest BCUT2D eigenvalue weighted by Crippen LogP contribution is -2.63. The first-order valence-corrected chi connectivity index (χ1v) is 12.0. The first kappa shape index (κ1) is 21.8. The smallest absolute Gasteiger partial charge is 0.353 e. The van der Waals surface area contributed by atoms with E-state index in [0.717, 1.165) is 49.1 Å². The summed E-state index contributed by atoms with van der Waals surface area (Å²) in [7, 11) is 0. The summed E-state index contributed by atoms with van der Waals surface area (Å²) in [5.74, 6) is -1.40. The molecule has 4 atom stereocenters. The van der Waals surface area contributed by atoms with Gasteiger partial charge in [0.05, 0.1) is 18.1 Å². The number of carbonyl (C=O) groups is 2. The molecule has 0 bridgehead atoms. The Labute approximate surface area is 182 Å². The van der Waals surface area contributed by atoms with E-state index < -0.39 is 18.0 Å². The van der Waals surface area contributed by atoms with E-state index in [0.29, 0.717) is 23.3 Å². The molecule has 0 aromatic rings. The molecule has 0 aromatic carbocycles. The number of carboxylic acid groups (broad SMARTS) is 1. The highest BCUT2D eigenvalue weighted by Crippen LogP contribution is 2.53. The molecule has 0 unspecified atom stereocenters. The van der Waals surface area contributed by atoms with Crippen molar-refractivity contribution in [3.63, 3.8) is 0 Å². The normalized spacial score (nSPS) is 39.3. The summed E-state index contributed by atoms with van der Waals surface area (Å²) < 4.78 is 0. The maximum atomic E-state index is 12.4. The number of aliphatic carboxylic acids is 1. The minimum Gasteiger partial charge on any atom is -0.477 e. The molecule has 0 spiro atoms. The number of carboxylic acids is 1. The van der Waals surface area contributed by atoms with Gasteiger partial charge in [0.2, 0.25) is 5.91 Å². The third-order valence-electron chi connectivity index (χ3n) is 7.51. The van der Waals surface area contributed by atoms with Crippen LogP contribution in [0.25, 0.3) is 0 Å². The summed E-state index contributed by atoms with van der Waals surface area (Å²) in [6.07, 6.45) is 5.70. The van der Waals surface area contributed by atoms with E-state index in [-0.39, 0.29) is 23.6 Å². The zero-order valence-electron chi connectivity index (χ0n) is 17.9. The molecule has 2 aliphatic heterocycles. The molecule has 2 heterocycles. The molecule has 0 radical (unpaired) electrons. The number of amides is 1. The number of rotatable bonds is 7. The number of hydrogen-bond acceptors (Lipinski definition) is 6. The van der Waals surface area contributed by atoms with Crippen molar-refractivity contribution in [3.05, 3.63) is 10.6 Å². The minimum absolute atomic E-state index is 0.0509. The molecule has 2 saturated carbocycles. The third-order valence-corrected chi connectivity index (χ3v) is 9.05. The van der Waals surface area contributed by atoms with Gasteiger partial charge >= 0.3 is 5.97 Å². The number of aliphatic hydroxyl groups is 1. The Kier molecular flexibility index (Phi) is 6.03. The van der Waals surface area contributed by atoms with Gasteiger partial charge in [0, 0.05) is 33.9 Å². The fraction of sp³-hybridized carbons (Fsp3) is 0.773. The molecule has 2 aliphatic carbocycles. The zero-order chi connectivity index (χ0) is 21.7. The maximum absolute atomic E-state index is 12.4. The fourth-order valence-electron chi connectivity index (χ4n) is 5.68. The number of thioether (sulfide) groups is 1. The largest absolute Gasteiger partial charge is 0.477 e. The van der Waals surface area contributed by atoms with Crippen molar-refractivity contribution in [1.82, 2.24) is 10.2 Å². The van der Waals surface area contributed by atoms with E-state index >= 15 is 0 Å². The van der Waals surface area contributed by atoms with E-state index in [2.05, 4.69) is 5.32 Å². The van der Waals surface area contributed by atoms with Crippen molar-refractivity contribution in [2.45, 2.75) is 88.8 Å². The van der Waals surface area contributed by atoms with Crippen LogP contribution in [-0.4, -0.2) is 62.2 Å². The molecule has 4 N–H and O–H groups in total. The quantitative estimate of drug-likeness (QED) is 0.361. The van der Waals surface area contributed by atoms with Crippen molar-refractivity contribution < 1.29 is 19.8 Å². The Bertz CT molecular complexity index is 768. The van der Waals surface area contributed by atoms with Crippen molar-refractivity contribution in [2.75, 3.05) is 0 Å². The predicted molar refractivity (Wildman–Crippen MR) is 116 cm³/mol. The van der Waals surface area contributed by atoms with E-state index in [1.807, 2.05) is 13.8 Å². The van der Waals surface area contributed by atoms with Gasteiger partial charge in [0.1, 0.15) is 5.70 Å². The summed E-state index contributed by atoms with van der Waals surface area (Å²) in [4.78, 5) is 26.5. The highest BCUT2D eigenvalue weighted by atomic mass is 32.2. The van der Waals surface area contributed by atoms with Crippen molar-refractivity contribution >= 4 is 29.4 Å². The molecule has 8 heteroatoms. The molecule has 7 nitrogen and oxygen atoms in total. The Balaban J connectivity index is 1.32. The van der Waals surface area contributed by atoms with Crippen molar-refractivity contribution in [1.29, 1.82) is 5.41 Å². The van der Waals surface area contributed by atoms with Gasteiger partial charge in [-0.3, -0.25) is 4.79 Å². The van der Waals surface area contributed by atoms with Crippen LogP contribution in [0.1, 0.15) is 59.3 Å². The average molecular weight is 436 g/mol. The van der Waals surface area contributed by atoms with Crippen molar-refractivity contribution in [3.8, 4) is 0 Å². The van der Waals surface area contributed by atoms with Gasteiger partial charge in [-0.05, 0) is 58.3 Å². The second kappa shape index (κ2) is 8.28. The molecule has 1 saturated heterocycles. The van der Waals surface area contributed by atoms with Crippen LogP contribution in [0.5, 0.6) is 0 Å². The predicted octanol–water partition coefficient (Wildman–Crippen LogP) is 2.59. The van der Waals surface area contributed by atoms with Gasteiger partial charge in [-0.1, -0.05) is 6.92 Å². The van der Waals surface area contributed by atoms with Gasteiger partial charge in [0.15, 0.2) is 0 Å². The van der Waals surface area contributed by atoms with Crippen LogP contribution < -0.4 is 5.32 Å². The van der Waals surface area contributed by atoms with Crippen LogP contribution in [0.4, 0.5) is 0 Å². The lowest BCUT2D eigenvalue weighted by Gasteiger charge is -2.46. The van der Waals surface area contributed by atoms with E-state index in [1.54, 1.807) is 18.7 Å². The van der Waals surface area contributed by atoms with E-state index in [4.69, 9.17) is 5.41 Å². The van der Waals surface area contributed by atoms with Crippen LogP contribution in [0.2, 0.25) is 0 Å². The number of aliphatic hydroxyl groups excluding tert-OH is 1. The SMILES string of the molecule is CC(=N)C1CCC(NC2CC(SC3=C(C(=O)O)N4C(=O)[C@H]([C@@H](C)O)[C@H]4[C@H]3C)C2)CC1. The number of fused-ring (bicyclic) bond motifs is 1. The number of β-lactam (4-membered cyclic amide) rings is 1. The van der Waals surface area contributed by atoms with Gasteiger partial charge in [-0.15, -0.1) is 11.8 Å². The monoisotopic (exact) mass is 435 g/mol. The number of hydrogen-bond donors (Lipinski definition) is 4. The standard InChI is InChI=1S/C22H33N3O4S/c1-10-18-17(12(3)26)21(27)25(18)19(22(28)29)20(10)30-16-8-15(9-16)24-14-6-4-13(5-7-14)11(2)23/h10,12-18,23-24,26H,4-9H2,1-3H3,(H,28,29)/t10-,12-,13?,14?,15?,16?,17-,18-/m1/s1. The molecular formula is C22H33N3O4S. The van der Waals surface area contributed by atoms with Gasteiger partial charge < -0.3 is 25.8 Å². The maximum Gasteiger partial charge on any atom is 0.353 e. The van der Waals surface area contributed by atoms with Crippen LogP contribution in [0.3, 0.4) is 0 Å². The Morgan fingerprint density at radius 1 is 1.23 bits per heavy atom. The van der Waals surface area contributed by atoms with Gasteiger partial charge in [-0.2, -0.15) is 0 Å². The highest BCUT2D eigenvalue weighted by Gasteiger charge is 2.60. The van der Waals surface area contributed by atoms with Crippen molar-refractivity contribution in [2.24, 2.45) is 17.8 Å². The number of nitrogens with one attached hydrogen (secondary N) is 2. The lowest BCUT2D eigenvalue weighted by molar-refractivity contribution is -0.163. The number of nitrogens with zero attached hydrogens (tertiary/aromatic N) is 1. The molecule has 0 aromatic heterocycles. The molecule has 1 amide bonds. The van der Waals surface area contributed by atoms with E-state index in [1.165, 1.54) is 4.90 Å². The summed E-state index contributed by atoms with van der Waals surface area (Å²) in [6.45, 7) is 5.50. The highest BCUT2D eigenvalue weighted by molar-refractivity contribution is 8.03. The summed E-state index contributed by atoms with van der Waals surface area (Å²) in [5.41, 5.74) is 0.943. The van der Waals surface area contributed by atoms with Crippen LogP contribution in [0.15, 0.2) is 10.6 Å². The second-order valence-corrected chi connectivity index (χ2v) is 10.9. The summed E-state index contributed by atoms with van der Waals surface area (Å²) in [5, 5.41) is 31.6. The molecule has 4 aliphatic rings. The number of carbonyl (C=O) groups excluding carboxylic acids is 1. The Morgan fingerprint density at radius 2 is 1.87 bits per heavy atom. The molecule has 4 rings (SSSR count). The molecule has 3 fully saturated rings. The van der Waals surface area contributed by atoms with Crippen LogP contribution >= 0.6 is 11.8 Å². The van der Waals surface area contributed by atoms with Gasteiger partial charge in [0.25, 0.3) is 0 Å². The Hall–Kier alpha value is -1.38. The van der Waals surface area contributed by atoms with Gasteiger partial charge in [-0.25, -0.2) is 4.79 Å². The summed E-state index contributed by atoms with van der Waals surface area (Å²) >= 11 is 1.63. The molecule has 30 heavy (non-hydrogen) atoms. The van der Waals surface area contributed by atoms with E-state index in [9.17, 15) is 19.8 Å². The first-order chi connectivity index (χ1) is 14.2. The average Bonchev–Trinajstić information content (AvgIpc) is 2.89. The molecule has 166 valence electrons. The molecular weight excluding hydrogens is 402 g/mol. The fourth-order valence-corrected chi connectivity index (χ4v) is 7.35.